The van der Waals surface area contributed by atoms with Crippen LogP contribution in [0, 0.1) is 19.8 Å². The van der Waals surface area contributed by atoms with Gasteiger partial charge in [0.1, 0.15) is 0 Å². The van der Waals surface area contributed by atoms with E-state index >= 15 is 0 Å². The molecule has 0 unspecified atom stereocenters. The topological polar surface area (TPSA) is 59.0 Å². The van der Waals surface area contributed by atoms with E-state index in [0.29, 0.717) is 22.4 Å². The van der Waals surface area contributed by atoms with Crippen LogP contribution in [0.2, 0.25) is 10.0 Å². The highest BCUT2D eigenvalue weighted by Crippen LogP contribution is 2.27. The fraction of sp³-hybridized carbons (Fsp3) is 0.412. The van der Waals surface area contributed by atoms with Crippen LogP contribution in [-0.2, 0) is 11.2 Å². The number of nitrogens with one attached hydrogen (secondary N) is 2. The predicted molar refractivity (Wildman–Crippen MR) is 96.1 cm³/mol. The van der Waals surface area contributed by atoms with E-state index in [-0.39, 0.29) is 5.91 Å². The Hall–Kier alpha value is -1.56. The molecule has 2 N–H and O–H groups in total. The minimum absolute atomic E-state index is 0.0230. The summed E-state index contributed by atoms with van der Waals surface area (Å²) in [6, 6.07) is 5.30. The van der Waals surface area contributed by atoms with Crippen LogP contribution in [0.4, 0.5) is 0 Å². The molecule has 0 saturated carbocycles. The van der Waals surface area contributed by atoms with E-state index < -0.39 is 0 Å². The normalized spacial score (nSPS) is 14.5. The van der Waals surface area contributed by atoms with Gasteiger partial charge in [-0.25, -0.2) is 4.68 Å². The van der Waals surface area contributed by atoms with Crippen molar-refractivity contribution in [3.63, 3.8) is 0 Å². The summed E-state index contributed by atoms with van der Waals surface area (Å²) in [5.74, 6) is 0.571. The Morgan fingerprint density at radius 1 is 1.38 bits per heavy atom. The number of aromatic nitrogens is 2. The average Bonchev–Trinajstić information content (AvgIpc) is 2.74. The Morgan fingerprint density at radius 2 is 2.12 bits per heavy atom. The molecule has 1 aromatic heterocycles. The average molecular weight is 367 g/mol. The quantitative estimate of drug-likeness (QED) is 0.854. The summed E-state index contributed by atoms with van der Waals surface area (Å²) >= 11 is 12.2. The lowest BCUT2D eigenvalue weighted by Gasteiger charge is -2.27. The second kappa shape index (κ2) is 7.13. The Kier molecular flexibility index (Phi) is 5.13. The fourth-order valence-corrected chi connectivity index (χ4v) is 3.28. The SMILES string of the molecule is Cc1nn(-c2ccc(Cl)cc2Cl)c(C)c1CC(=O)NCC1CNC1. The van der Waals surface area contributed by atoms with Gasteiger partial charge in [-0.15, -0.1) is 0 Å². The van der Waals surface area contributed by atoms with E-state index in [1.54, 1.807) is 16.8 Å². The van der Waals surface area contributed by atoms with Crippen LogP contribution in [0.5, 0.6) is 0 Å². The minimum Gasteiger partial charge on any atom is -0.355 e. The van der Waals surface area contributed by atoms with Gasteiger partial charge in [0.15, 0.2) is 0 Å². The molecule has 1 aromatic carbocycles. The third-order valence-corrected chi connectivity index (χ3v) is 4.91. The summed E-state index contributed by atoms with van der Waals surface area (Å²) in [5.41, 5.74) is 3.44. The molecule has 0 bridgehead atoms. The highest BCUT2D eigenvalue weighted by Gasteiger charge is 2.20. The van der Waals surface area contributed by atoms with Crippen molar-refractivity contribution in [2.75, 3.05) is 19.6 Å². The van der Waals surface area contributed by atoms with Crippen molar-refractivity contribution in [1.29, 1.82) is 0 Å². The van der Waals surface area contributed by atoms with E-state index in [9.17, 15) is 4.79 Å². The van der Waals surface area contributed by atoms with E-state index in [2.05, 4.69) is 15.7 Å². The lowest BCUT2D eigenvalue weighted by atomic mass is 10.0. The standard InChI is InChI=1S/C17H20Cl2N4O/c1-10-14(6-17(24)21-9-12-7-20-8-12)11(2)23(22-10)16-4-3-13(18)5-15(16)19/h3-5,12,20H,6-9H2,1-2H3,(H,21,24). The van der Waals surface area contributed by atoms with Gasteiger partial charge in [0.25, 0.3) is 0 Å². The van der Waals surface area contributed by atoms with Crippen molar-refractivity contribution >= 4 is 29.1 Å². The van der Waals surface area contributed by atoms with E-state index in [4.69, 9.17) is 23.2 Å². The molecule has 1 fully saturated rings. The second-order valence-corrected chi connectivity index (χ2v) is 7.01. The Labute approximate surface area is 151 Å². The Bertz CT molecular complexity index is 768. The van der Waals surface area contributed by atoms with E-state index in [1.165, 1.54) is 0 Å². The van der Waals surface area contributed by atoms with Gasteiger partial charge in [-0.05, 0) is 32.0 Å². The molecule has 1 amide bonds. The zero-order valence-corrected chi connectivity index (χ0v) is 15.2. The number of amides is 1. The van der Waals surface area contributed by atoms with Crippen molar-refractivity contribution < 1.29 is 4.79 Å². The smallest absolute Gasteiger partial charge is 0.224 e. The summed E-state index contributed by atoms with van der Waals surface area (Å²) in [4.78, 5) is 12.2. The molecule has 5 nitrogen and oxygen atoms in total. The maximum Gasteiger partial charge on any atom is 0.224 e. The van der Waals surface area contributed by atoms with Crippen LogP contribution in [0.1, 0.15) is 17.0 Å². The number of halogens is 2. The molecule has 3 rings (SSSR count). The highest BCUT2D eigenvalue weighted by atomic mass is 35.5. The summed E-state index contributed by atoms with van der Waals surface area (Å²) in [6.07, 6.45) is 0.322. The first kappa shape index (κ1) is 17.3. The molecule has 2 heterocycles. The number of hydrogen-bond donors (Lipinski definition) is 2. The molecule has 1 aliphatic rings. The second-order valence-electron chi connectivity index (χ2n) is 6.16. The molecule has 2 aromatic rings. The first-order valence-electron chi connectivity index (χ1n) is 7.93. The molecular formula is C17H20Cl2N4O. The molecule has 0 radical (unpaired) electrons. The van der Waals surface area contributed by atoms with Crippen LogP contribution in [-0.4, -0.2) is 35.3 Å². The van der Waals surface area contributed by atoms with Gasteiger partial charge in [0, 0.05) is 41.8 Å². The number of aryl methyl sites for hydroxylation is 1. The minimum atomic E-state index is 0.0230. The molecule has 128 valence electrons. The molecule has 1 aliphatic heterocycles. The molecule has 24 heavy (non-hydrogen) atoms. The predicted octanol–water partition coefficient (Wildman–Crippen LogP) is 2.67. The van der Waals surface area contributed by atoms with Crippen LogP contribution < -0.4 is 10.6 Å². The van der Waals surface area contributed by atoms with Gasteiger partial charge in [0.05, 0.1) is 22.8 Å². The zero-order chi connectivity index (χ0) is 17.3. The first-order valence-corrected chi connectivity index (χ1v) is 8.69. The lowest BCUT2D eigenvalue weighted by Crippen LogP contribution is -2.48. The Morgan fingerprint density at radius 3 is 2.75 bits per heavy atom. The molecule has 0 spiro atoms. The van der Waals surface area contributed by atoms with Crippen molar-refractivity contribution in [1.82, 2.24) is 20.4 Å². The number of hydrogen-bond acceptors (Lipinski definition) is 3. The first-order chi connectivity index (χ1) is 11.5. The van der Waals surface area contributed by atoms with Gasteiger partial charge < -0.3 is 10.6 Å². The van der Waals surface area contributed by atoms with Crippen molar-refractivity contribution in [2.45, 2.75) is 20.3 Å². The summed E-state index contributed by atoms with van der Waals surface area (Å²) < 4.78 is 1.77. The summed E-state index contributed by atoms with van der Waals surface area (Å²) in [5, 5.41) is 11.8. The molecule has 1 saturated heterocycles. The number of rotatable bonds is 5. The van der Waals surface area contributed by atoms with Gasteiger partial charge in [-0.1, -0.05) is 23.2 Å². The number of nitrogens with zero attached hydrogens (tertiary/aromatic N) is 2. The van der Waals surface area contributed by atoms with Gasteiger partial charge in [-0.2, -0.15) is 5.10 Å². The number of benzene rings is 1. The lowest BCUT2D eigenvalue weighted by molar-refractivity contribution is -0.120. The monoisotopic (exact) mass is 366 g/mol. The number of carbonyl (C=O) groups is 1. The Balaban J connectivity index is 1.77. The molecular weight excluding hydrogens is 347 g/mol. The van der Waals surface area contributed by atoms with Gasteiger partial charge in [-0.3, -0.25) is 4.79 Å². The van der Waals surface area contributed by atoms with Gasteiger partial charge >= 0.3 is 0 Å². The highest BCUT2D eigenvalue weighted by molar-refractivity contribution is 6.35. The largest absolute Gasteiger partial charge is 0.355 e. The maximum atomic E-state index is 12.2. The van der Waals surface area contributed by atoms with Crippen molar-refractivity contribution in [3.05, 3.63) is 45.2 Å². The summed E-state index contributed by atoms with van der Waals surface area (Å²) in [7, 11) is 0. The van der Waals surface area contributed by atoms with Crippen molar-refractivity contribution in [2.24, 2.45) is 5.92 Å². The molecule has 0 aliphatic carbocycles. The molecule has 0 atom stereocenters. The van der Waals surface area contributed by atoms with Crippen LogP contribution in [0.3, 0.4) is 0 Å². The zero-order valence-electron chi connectivity index (χ0n) is 13.7. The van der Waals surface area contributed by atoms with Crippen LogP contribution >= 0.6 is 23.2 Å². The van der Waals surface area contributed by atoms with E-state index in [0.717, 1.165) is 42.3 Å². The fourth-order valence-electron chi connectivity index (χ4n) is 2.79. The third-order valence-electron chi connectivity index (χ3n) is 4.37. The van der Waals surface area contributed by atoms with Crippen molar-refractivity contribution in [3.8, 4) is 5.69 Å². The molecule has 7 heteroatoms. The summed E-state index contributed by atoms with van der Waals surface area (Å²) in [6.45, 7) is 6.53. The van der Waals surface area contributed by atoms with Crippen LogP contribution in [0.25, 0.3) is 5.69 Å². The van der Waals surface area contributed by atoms with Crippen LogP contribution in [0.15, 0.2) is 18.2 Å². The maximum absolute atomic E-state index is 12.2. The number of carbonyl (C=O) groups excluding carboxylic acids is 1. The van der Waals surface area contributed by atoms with Gasteiger partial charge in [0.2, 0.25) is 5.91 Å². The third kappa shape index (κ3) is 3.58. The van der Waals surface area contributed by atoms with E-state index in [1.807, 2.05) is 19.9 Å².